The molecule has 0 aliphatic carbocycles. The first-order valence-corrected chi connectivity index (χ1v) is 8.94. The van der Waals surface area contributed by atoms with E-state index < -0.39 is 10.8 Å². The number of aromatic nitrogens is 3. The minimum atomic E-state index is -0.715. The third kappa shape index (κ3) is 4.80. The molecular formula is C13H23N5O2S. The molecule has 1 aliphatic rings. The van der Waals surface area contributed by atoms with Crippen molar-refractivity contribution < 1.29 is 8.95 Å². The maximum Gasteiger partial charge on any atom is 0.323 e. The van der Waals surface area contributed by atoms with Crippen LogP contribution in [0.5, 0.6) is 6.01 Å². The van der Waals surface area contributed by atoms with Crippen molar-refractivity contribution >= 4 is 22.7 Å². The lowest BCUT2D eigenvalue weighted by Gasteiger charge is -2.26. The summed E-state index contributed by atoms with van der Waals surface area (Å²) in [6.45, 7) is 6.93. The van der Waals surface area contributed by atoms with Crippen molar-refractivity contribution in [2.75, 3.05) is 48.0 Å². The molecule has 0 unspecified atom stereocenters. The normalized spacial score (nSPS) is 16.0. The van der Waals surface area contributed by atoms with Gasteiger partial charge >= 0.3 is 6.01 Å². The quantitative estimate of drug-likeness (QED) is 0.806. The van der Waals surface area contributed by atoms with Crippen molar-refractivity contribution in [3.63, 3.8) is 0 Å². The molecule has 1 fully saturated rings. The number of hydrogen-bond donors (Lipinski definition) is 1. The summed E-state index contributed by atoms with van der Waals surface area (Å²) in [5.74, 6) is 2.47. The van der Waals surface area contributed by atoms with Gasteiger partial charge < -0.3 is 15.0 Å². The van der Waals surface area contributed by atoms with Gasteiger partial charge in [-0.1, -0.05) is 13.8 Å². The summed E-state index contributed by atoms with van der Waals surface area (Å²) >= 11 is 0. The average molecular weight is 313 g/mol. The summed E-state index contributed by atoms with van der Waals surface area (Å²) in [7, 11) is -0.715. The minimum Gasteiger partial charge on any atom is -0.463 e. The Kier molecular flexibility index (Phi) is 6.16. The Morgan fingerprint density at radius 2 is 1.95 bits per heavy atom. The average Bonchev–Trinajstić information content (AvgIpc) is 2.51. The van der Waals surface area contributed by atoms with Crippen LogP contribution >= 0.6 is 0 Å². The highest BCUT2D eigenvalue weighted by Gasteiger charge is 2.19. The van der Waals surface area contributed by atoms with Gasteiger partial charge in [0.1, 0.15) is 0 Å². The summed E-state index contributed by atoms with van der Waals surface area (Å²) in [4.78, 5) is 15.1. The summed E-state index contributed by atoms with van der Waals surface area (Å²) in [6, 6.07) is 0.354. The molecule has 0 bridgehead atoms. The van der Waals surface area contributed by atoms with Crippen LogP contribution in [0.4, 0.5) is 11.9 Å². The van der Waals surface area contributed by atoms with E-state index in [1.54, 1.807) is 0 Å². The number of anilines is 2. The van der Waals surface area contributed by atoms with E-state index in [0.717, 1.165) is 19.4 Å². The van der Waals surface area contributed by atoms with E-state index in [1.807, 2.05) is 11.8 Å². The third-order valence-corrected chi connectivity index (χ3v) is 4.31. The maximum atomic E-state index is 11.5. The van der Waals surface area contributed by atoms with Gasteiger partial charge in [0, 0.05) is 41.9 Å². The fourth-order valence-corrected chi connectivity index (χ4v) is 2.95. The molecule has 2 rings (SSSR count). The first kappa shape index (κ1) is 15.9. The van der Waals surface area contributed by atoms with Crippen LogP contribution in [0.15, 0.2) is 0 Å². The Morgan fingerprint density at radius 1 is 1.19 bits per heavy atom. The molecule has 1 aliphatic heterocycles. The molecule has 1 N–H and O–H groups in total. The van der Waals surface area contributed by atoms with Crippen LogP contribution in [0.1, 0.15) is 26.7 Å². The number of nitrogens with one attached hydrogen (secondary N) is 1. The zero-order valence-electron chi connectivity index (χ0n) is 12.7. The number of hydrogen-bond acceptors (Lipinski definition) is 7. The van der Waals surface area contributed by atoms with E-state index in [0.29, 0.717) is 49.1 Å². The molecule has 0 saturated carbocycles. The van der Waals surface area contributed by atoms with Crippen LogP contribution in [0, 0.1) is 0 Å². The Balaban J connectivity index is 2.15. The van der Waals surface area contributed by atoms with Crippen molar-refractivity contribution in [3.8, 4) is 6.01 Å². The maximum absolute atomic E-state index is 11.5. The van der Waals surface area contributed by atoms with E-state index >= 15 is 0 Å². The molecular weight excluding hydrogens is 290 g/mol. The standard InChI is InChI=1S/C13H23N5O2S/c1-3-5-14-11-15-12(17-13(16-11)20-8-4-2)18-6-9-21(19)10-7-18/h3-10H2,1-2H3,(H,14,15,16,17). The molecule has 1 aromatic rings. The Labute approximate surface area is 128 Å². The number of nitrogens with zero attached hydrogens (tertiary/aromatic N) is 4. The van der Waals surface area contributed by atoms with Gasteiger partial charge in [0.15, 0.2) is 0 Å². The Hall–Kier alpha value is -1.44. The second-order valence-corrected chi connectivity index (χ2v) is 6.55. The van der Waals surface area contributed by atoms with Crippen molar-refractivity contribution in [3.05, 3.63) is 0 Å². The lowest BCUT2D eigenvalue weighted by Crippen LogP contribution is -2.39. The molecule has 0 aromatic carbocycles. The van der Waals surface area contributed by atoms with E-state index in [9.17, 15) is 4.21 Å². The van der Waals surface area contributed by atoms with Gasteiger partial charge in [0.05, 0.1) is 6.61 Å². The Morgan fingerprint density at radius 3 is 2.62 bits per heavy atom. The molecule has 1 aromatic heterocycles. The van der Waals surface area contributed by atoms with Crippen LogP contribution in [0.3, 0.4) is 0 Å². The molecule has 21 heavy (non-hydrogen) atoms. The topological polar surface area (TPSA) is 80.2 Å². The zero-order chi connectivity index (χ0) is 15.1. The van der Waals surface area contributed by atoms with Crippen LogP contribution in [0.25, 0.3) is 0 Å². The smallest absolute Gasteiger partial charge is 0.323 e. The first-order chi connectivity index (χ1) is 10.2. The van der Waals surface area contributed by atoms with E-state index in [2.05, 4.69) is 27.2 Å². The largest absolute Gasteiger partial charge is 0.463 e. The molecule has 0 spiro atoms. The second-order valence-electron chi connectivity index (χ2n) is 4.85. The summed E-state index contributed by atoms with van der Waals surface area (Å²) < 4.78 is 17.0. The van der Waals surface area contributed by atoms with E-state index in [4.69, 9.17) is 4.74 Å². The van der Waals surface area contributed by atoms with Crippen LogP contribution in [0.2, 0.25) is 0 Å². The van der Waals surface area contributed by atoms with E-state index in [-0.39, 0.29) is 0 Å². The van der Waals surface area contributed by atoms with Crippen molar-refractivity contribution in [1.82, 2.24) is 15.0 Å². The van der Waals surface area contributed by atoms with Gasteiger partial charge in [0.2, 0.25) is 11.9 Å². The SMILES string of the molecule is CCCNc1nc(OCCC)nc(N2CCS(=O)CC2)n1. The Bertz CT molecular complexity index is 449. The van der Waals surface area contributed by atoms with Gasteiger partial charge in [-0.25, -0.2) is 0 Å². The summed E-state index contributed by atoms with van der Waals surface area (Å²) in [5.41, 5.74) is 0. The van der Waals surface area contributed by atoms with Crippen molar-refractivity contribution in [1.29, 1.82) is 0 Å². The second kappa shape index (κ2) is 8.11. The third-order valence-electron chi connectivity index (χ3n) is 3.03. The van der Waals surface area contributed by atoms with Gasteiger partial charge in [-0.3, -0.25) is 4.21 Å². The molecule has 1 saturated heterocycles. The van der Waals surface area contributed by atoms with E-state index in [1.165, 1.54) is 0 Å². The van der Waals surface area contributed by atoms with Crippen LogP contribution in [-0.4, -0.2) is 56.9 Å². The van der Waals surface area contributed by atoms with Gasteiger partial charge in [-0.15, -0.1) is 0 Å². The fourth-order valence-electron chi connectivity index (χ4n) is 1.90. The summed E-state index contributed by atoms with van der Waals surface area (Å²) in [5, 5.41) is 3.17. The molecule has 0 amide bonds. The fraction of sp³-hybridized carbons (Fsp3) is 0.769. The lowest BCUT2D eigenvalue weighted by atomic mass is 10.5. The molecule has 118 valence electrons. The number of rotatable bonds is 7. The molecule has 0 radical (unpaired) electrons. The predicted octanol–water partition coefficient (Wildman–Crippen LogP) is 1.05. The highest BCUT2D eigenvalue weighted by atomic mass is 32.2. The molecule has 0 atom stereocenters. The number of ether oxygens (including phenoxy) is 1. The highest BCUT2D eigenvalue weighted by Crippen LogP contribution is 2.17. The highest BCUT2D eigenvalue weighted by molar-refractivity contribution is 7.85. The van der Waals surface area contributed by atoms with Gasteiger partial charge in [-0.2, -0.15) is 15.0 Å². The van der Waals surface area contributed by atoms with Crippen molar-refractivity contribution in [2.24, 2.45) is 0 Å². The lowest BCUT2D eigenvalue weighted by molar-refractivity contribution is 0.292. The first-order valence-electron chi connectivity index (χ1n) is 7.45. The summed E-state index contributed by atoms with van der Waals surface area (Å²) in [6.07, 6.45) is 1.90. The zero-order valence-corrected chi connectivity index (χ0v) is 13.5. The molecule has 7 nitrogen and oxygen atoms in total. The van der Waals surface area contributed by atoms with Crippen LogP contribution < -0.4 is 15.0 Å². The monoisotopic (exact) mass is 313 g/mol. The van der Waals surface area contributed by atoms with Gasteiger partial charge in [0.25, 0.3) is 0 Å². The minimum absolute atomic E-state index is 0.354. The van der Waals surface area contributed by atoms with Crippen molar-refractivity contribution in [2.45, 2.75) is 26.7 Å². The van der Waals surface area contributed by atoms with Gasteiger partial charge in [-0.05, 0) is 12.8 Å². The predicted molar refractivity (Wildman–Crippen MR) is 84.5 cm³/mol. The molecule has 8 heteroatoms. The van der Waals surface area contributed by atoms with Crippen LogP contribution in [-0.2, 0) is 10.8 Å². The molecule has 2 heterocycles.